The van der Waals surface area contributed by atoms with Crippen LogP contribution in [0.1, 0.15) is 56.5 Å². The van der Waals surface area contributed by atoms with Crippen molar-refractivity contribution in [3.63, 3.8) is 0 Å². The van der Waals surface area contributed by atoms with Crippen molar-refractivity contribution in [2.75, 3.05) is 19.7 Å². The molecule has 9 heteroatoms. The van der Waals surface area contributed by atoms with Crippen LogP contribution in [0.25, 0.3) is 42.8 Å². The predicted octanol–water partition coefficient (Wildman–Crippen LogP) is 7.58. The Morgan fingerprint density at radius 3 is 2.50 bits per heavy atom. The Bertz CT molecular complexity index is 1800. The van der Waals surface area contributed by atoms with Crippen LogP contribution in [0, 0.1) is 6.92 Å². The largest absolute Gasteiger partial charge is 0.464 e. The van der Waals surface area contributed by atoms with Crippen molar-refractivity contribution in [1.29, 1.82) is 0 Å². The molecular formula is C33H35ClN4O3S. The minimum absolute atomic E-state index is 0.265. The molecule has 0 aliphatic carbocycles. The third kappa shape index (κ3) is 5.33. The van der Waals surface area contributed by atoms with Gasteiger partial charge in [-0.2, -0.15) is 5.10 Å². The van der Waals surface area contributed by atoms with Crippen molar-refractivity contribution in [2.45, 2.75) is 52.2 Å². The number of hydrogen-bond acceptors (Lipinski definition) is 7. The molecule has 1 fully saturated rings. The number of nitrogens with zero attached hydrogens (tertiary/aromatic N) is 3. The minimum Gasteiger partial charge on any atom is -0.464 e. The zero-order chi connectivity index (χ0) is 29.8. The van der Waals surface area contributed by atoms with E-state index >= 15 is 0 Å². The van der Waals surface area contributed by atoms with Crippen molar-refractivity contribution >= 4 is 50.0 Å². The van der Waals surface area contributed by atoms with Crippen LogP contribution in [0.3, 0.4) is 0 Å². The highest BCUT2D eigenvalue weighted by atomic mass is 35.5. The summed E-state index contributed by atoms with van der Waals surface area (Å²) in [5.41, 5.74) is 7.12. The SMILES string of the molecule is CCOC(=O)[C@@H](OC(C)(C)C)c1c(C)cc2nc(-c3ccc4c(c3)c(C3CNC3)nn4C)sc2c1-c1ccc(Cl)cc1. The normalized spacial score (nSPS) is 14.8. The third-order valence-corrected chi connectivity index (χ3v) is 8.98. The lowest BCUT2D eigenvalue weighted by atomic mass is 9.91. The van der Waals surface area contributed by atoms with Crippen LogP contribution in [0.4, 0.5) is 0 Å². The van der Waals surface area contributed by atoms with Gasteiger partial charge in [0.2, 0.25) is 0 Å². The molecule has 3 heterocycles. The Morgan fingerprint density at radius 2 is 1.86 bits per heavy atom. The van der Waals surface area contributed by atoms with E-state index in [0.29, 0.717) is 10.9 Å². The maximum Gasteiger partial charge on any atom is 0.339 e. The van der Waals surface area contributed by atoms with Crippen molar-refractivity contribution in [3.8, 4) is 21.7 Å². The van der Waals surface area contributed by atoms with Gasteiger partial charge in [0.15, 0.2) is 6.10 Å². The number of carbonyl (C=O) groups excluding carboxylic acids is 1. The quantitative estimate of drug-likeness (QED) is 0.193. The Morgan fingerprint density at radius 1 is 1.14 bits per heavy atom. The van der Waals surface area contributed by atoms with Crippen LogP contribution in [0.15, 0.2) is 48.5 Å². The molecule has 3 aromatic carbocycles. The summed E-state index contributed by atoms with van der Waals surface area (Å²) in [5.74, 6) is 0.0125. The summed E-state index contributed by atoms with van der Waals surface area (Å²) < 4.78 is 14.9. The summed E-state index contributed by atoms with van der Waals surface area (Å²) >= 11 is 7.91. The molecule has 1 atom stereocenters. The number of nitrogens with one attached hydrogen (secondary N) is 1. The molecule has 0 unspecified atom stereocenters. The Hall–Kier alpha value is -3.30. The van der Waals surface area contributed by atoms with Crippen LogP contribution in [-0.2, 0) is 21.3 Å². The number of carbonyl (C=O) groups is 1. The third-order valence-electron chi connectivity index (χ3n) is 7.59. The molecule has 1 aliphatic rings. The maximum absolute atomic E-state index is 13.4. The van der Waals surface area contributed by atoms with E-state index in [1.807, 2.05) is 70.6 Å². The molecule has 218 valence electrons. The van der Waals surface area contributed by atoms with Crippen LogP contribution in [0.5, 0.6) is 0 Å². The molecule has 0 radical (unpaired) electrons. The minimum atomic E-state index is -0.907. The van der Waals surface area contributed by atoms with Gasteiger partial charge in [-0.15, -0.1) is 11.3 Å². The highest BCUT2D eigenvalue weighted by molar-refractivity contribution is 7.22. The van der Waals surface area contributed by atoms with Crippen LogP contribution in [0.2, 0.25) is 5.02 Å². The van der Waals surface area contributed by atoms with E-state index in [-0.39, 0.29) is 6.61 Å². The van der Waals surface area contributed by atoms with E-state index < -0.39 is 17.7 Å². The van der Waals surface area contributed by atoms with Crippen molar-refractivity contribution < 1.29 is 14.3 Å². The number of ether oxygens (including phenoxy) is 2. The number of esters is 1. The lowest BCUT2D eigenvalue weighted by molar-refractivity contribution is -0.166. The number of fused-ring (bicyclic) bond motifs is 2. The smallest absolute Gasteiger partial charge is 0.339 e. The summed E-state index contributed by atoms with van der Waals surface area (Å²) in [4.78, 5) is 18.5. The molecule has 1 N–H and O–H groups in total. The fraction of sp³-hybridized carbons (Fsp3) is 0.364. The molecular weight excluding hydrogens is 568 g/mol. The lowest BCUT2D eigenvalue weighted by Crippen LogP contribution is -2.40. The van der Waals surface area contributed by atoms with E-state index in [2.05, 4.69) is 29.6 Å². The molecule has 0 saturated carbocycles. The van der Waals surface area contributed by atoms with Crippen molar-refractivity contribution in [1.82, 2.24) is 20.1 Å². The molecule has 1 saturated heterocycles. The lowest BCUT2D eigenvalue weighted by Gasteiger charge is -2.29. The predicted molar refractivity (Wildman–Crippen MR) is 170 cm³/mol. The maximum atomic E-state index is 13.4. The fourth-order valence-electron chi connectivity index (χ4n) is 5.58. The first-order chi connectivity index (χ1) is 20.0. The zero-order valence-corrected chi connectivity index (χ0v) is 26.3. The van der Waals surface area contributed by atoms with E-state index in [4.69, 9.17) is 31.2 Å². The standard InChI is InChI=1S/C33H35ClN4O3S/c1-7-40-32(39)29(41-33(3,4)5)26-18(2)14-24-30(27(26)19-8-11-22(34)12-9-19)42-31(36-24)20-10-13-25-23(15-20)28(37-38(25)6)21-16-35-17-21/h8-15,21,29,35H,7,16-17H2,1-6H3/t29-/m0/s1. The Balaban J connectivity index is 1.57. The van der Waals surface area contributed by atoms with Crippen molar-refractivity contribution in [3.05, 3.63) is 70.4 Å². The average Bonchev–Trinajstić information content (AvgIpc) is 3.46. The topological polar surface area (TPSA) is 78.3 Å². The second kappa shape index (κ2) is 11.1. The van der Waals surface area contributed by atoms with E-state index in [1.54, 1.807) is 11.3 Å². The second-order valence-electron chi connectivity index (χ2n) is 11.8. The summed E-state index contributed by atoms with van der Waals surface area (Å²) in [5, 5.41) is 10.9. The first kappa shape index (κ1) is 28.8. The highest BCUT2D eigenvalue weighted by Crippen LogP contribution is 2.45. The molecule has 6 rings (SSSR count). The molecule has 0 bridgehead atoms. The van der Waals surface area contributed by atoms with Gasteiger partial charge in [0.05, 0.1) is 33.6 Å². The molecule has 42 heavy (non-hydrogen) atoms. The number of rotatable bonds is 7. The highest BCUT2D eigenvalue weighted by Gasteiger charge is 2.33. The number of hydrogen-bond donors (Lipinski definition) is 1. The van der Waals surface area contributed by atoms with Crippen LogP contribution < -0.4 is 5.32 Å². The molecule has 5 aromatic rings. The summed E-state index contributed by atoms with van der Waals surface area (Å²) in [6, 6.07) is 16.2. The monoisotopic (exact) mass is 602 g/mol. The number of halogens is 1. The Kier molecular flexibility index (Phi) is 7.60. The molecule has 1 aliphatic heterocycles. The molecule has 7 nitrogen and oxygen atoms in total. The van der Waals surface area contributed by atoms with Gasteiger partial charge in [0.25, 0.3) is 0 Å². The van der Waals surface area contributed by atoms with Gasteiger partial charge in [0.1, 0.15) is 5.01 Å². The summed E-state index contributed by atoms with van der Waals surface area (Å²) in [6.45, 7) is 11.8. The summed E-state index contributed by atoms with van der Waals surface area (Å²) in [6.07, 6.45) is -0.907. The van der Waals surface area contributed by atoms with Crippen LogP contribution in [-0.4, -0.2) is 46.0 Å². The van der Waals surface area contributed by atoms with Gasteiger partial charge in [-0.25, -0.2) is 9.78 Å². The van der Waals surface area contributed by atoms with Gasteiger partial charge in [-0.1, -0.05) is 23.7 Å². The number of benzene rings is 3. The fourth-order valence-corrected chi connectivity index (χ4v) is 6.83. The van der Waals surface area contributed by atoms with Crippen LogP contribution >= 0.6 is 22.9 Å². The van der Waals surface area contributed by atoms with Gasteiger partial charge < -0.3 is 14.8 Å². The molecule has 2 aromatic heterocycles. The van der Waals surface area contributed by atoms with Gasteiger partial charge >= 0.3 is 5.97 Å². The average molecular weight is 603 g/mol. The molecule has 0 amide bonds. The van der Waals surface area contributed by atoms with Crippen molar-refractivity contribution in [2.24, 2.45) is 7.05 Å². The Labute approximate surface area is 254 Å². The van der Waals surface area contributed by atoms with E-state index in [1.165, 1.54) is 0 Å². The van der Waals surface area contributed by atoms with E-state index in [9.17, 15) is 4.79 Å². The van der Waals surface area contributed by atoms with Gasteiger partial charge in [-0.3, -0.25) is 4.68 Å². The second-order valence-corrected chi connectivity index (χ2v) is 13.3. The summed E-state index contributed by atoms with van der Waals surface area (Å²) in [7, 11) is 2.00. The van der Waals surface area contributed by atoms with E-state index in [0.717, 1.165) is 72.7 Å². The number of aromatic nitrogens is 3. The first-order valence-electron chi connectivity index (χ1n) is 14.3. The molecule has 0 spiro atoms. The number of aryl methyl sites for hydroxylation is 2. The zero-order valence-electron chi connectivity index (χ0n) is 24.7. The number of thiazole rings is 1. The van der Waals surface area contributed by atoms with Gasteiger partial charge in [0, 0.05) is 53.2 Å². The first-order valence-corrected chi connectivity index (χ1v) is 15.5. The van der Waals surface area contributed by atoms with Gasteiger partial charge in [-0.05, 0) is 82.1 Å².